The van der Waals surface area contributed by atoms with Crippen molar-refractivity contribution in [3.05, 3.63) is 23.9 Å². The first-order valence-corrected chi connectivity index (χ1v) is 9.30. The molecule has 2 aromatic rings. The summed E-state index contributed by atoms with van der Waals surface area (Å²) in [7, 11) is 0. The fourth-order valence-electron chi connectivity index (χ4n) is 3.68. The highest BCUT2D eigenvalue weighted by molar-refractivity contribution is 7.09. The zero-order valence-electron chi connectivity index (χ0n) is 14.7. The Bertz CT molecular complexity index is 723. The molecule has 0 aliphatic carbocycles. The lowest BCUT2D eigenvalue weighted by Crippen LogP contribution is -2.29. The molecule has 2 aliphatic heterocycles. The maximum absolute atomic E-state index is 4.53. The van der Waals surface area contributed by atoms with Crippen LogP contribution in [0, 0.1) is 18.8 Å². The van der Waals surface area contributed by atoms with Crippen LogP contribution in [0.25, 0.3) is 0 Å². The van der Waals surface area contributed by atoms with Crippen molar-refractivity contribution in [2.75, 3.05) is 36.0 Å². The molecule has 4 heterocycles. The third-order valence-corrected chi connectivity index (χ3v) is 5.89. The summed E-state index contributed by atoms with van der Waals surface area (Å²) in [5, 5.41) is 1.07. The molecule has 0 radical (unpaired) electrons. The van der Waals surface area contributed by atoms with E-state index in [0.29, 0.717) is 11.8 Å². The number of hydrogen-bond acceptors (Lipinski definition) is 7. The Hall–Kier alpha value is -1.76. The van der Waals surface area contributed by atoms with Crippen LogP contribution in [0.3, 0.4) is 0 Å². The molecule has 128 valence electrons. The standard InChI is InChI=1S/C17H24N6S/c1-11-20-16(24-21-11)23-8-12-6-22(7-13(12)9-23)15-5-14(17(2,3)4)18-10-19-15/h5,10,12-13H,6-9H2,1-4H3. The Labute approximate surface area is 147 Å². The number of hydrogen-bond donors (Lipinski definition) is 0. The van der Waals surface area contributed by atoms with Crippen LogP contribution in [0.4, 0.5) is 10.9 Å². The number of nitrogens with zero attached hydrogens (tertiary/aromatic N) is 6. The predicted molar refractivity (Wildman–Crippen MR) is 96.8 cm³/mol. The average Bonchev–Trinajstić information content (AvgIpc) is 3.20. The first kappa shape index (κ1) is 15.7. The lowest BCUT2D eigenvalue weighted by Gasteiger charge is -2.24. The van der Waals surface area contributed by atoms with Crippen LogP contribution in [0.1, 0.15) is 32.3 Å². The van der Waals surface area contributed by atoms with Crippen molar-refractivity contribution >= 4 is 22.5 Å². The van der Waals surface area contributed by atoms with Crippen molar-refractivity contribution < 1.29 is 0 Å². The highest BCUT2D eigenvalue weighted by Crippen LogP contribution is 2.36. The molecule has 24 heavy (non-hydrogen) atoms. The third kappa shape index (κ3) is 2.85. The van der Waals surface area contributed by atoms with E-state index in [9.17, 15) is 0 Å². The van der Waals surface area contributed by atoms with E-state index >= 15 is 0 Å². The molecule has 4 rings (SSSR count). The Morgan fingerprint density at radius 3 is 2.29 bits per heavy atom. The molecule has 2 aromatic heterocycles. The Morgan fingerprint density at radius 2 is 1.71 bits per heavy atom. The maximum Gasteiger partial charge on any atom is 0.205 e. The van der Waals surface area contributed by atoms with Crippen LogP contribution in [-0.2, 0) is 5.41 Å². The molecule has 0 N–H and O–H groups in total. The van der Waals surface area contributed by atoms with Gasteiger partial charge in [0, 0.05) is 61.0 Å². The van der Waals surface area contributed by atoms with Crippen molar-refractivity contribution in [1.82, 2.24) is 19.3 Å². The quantitative estimate of drug-likeness (QED) is 0.834. The Balaban J connectivity index is 1.46. The zero-order valence-corrected chi connectivity index (χ0v) is 15.5. The average molecular weight is 344 g/mol. The van der Waals surface area contributed by atoms with Gasteiger partial charge in [0.1, 0.15) is 18.0 Å². The molecular formula is C17H24N6S. The fourth-order valence-corrected chi connectivity index (χ4v) is 4.37. The van der Waals surface area contributed by atoms with Crippen LogP contribution >= 0.6 is 11.5 Å². The van der Waals surface area contributed by atoms with Crippen LogP contribution in [0.5, 0.6) is 0 Å². The second-order valence-corrected chi connectivity index (χ2v) is 8.70. The molecule has 6 nitrogen and oxygen atoms in total. The number of rotatable bonds is 2. The van der Waals surface area contributed by atoms with E-state index in [0.717, 1.165) is 48.6 Å². The second-order valence-electron chi connectivity index (χ2n) is 7.97. The Kier molecular flexibility index (Phi) is 3.71. The largest absolute Gasteiger partial charge is 0.356 e. The van der Waals surface area contributed by atoms with Gasteiger partial charge in [-0.25, -0.2) is 15.0 Å². The van der Waals surface area contributed by atoms with Gasteiger partial charge in [-0.2, -0.15) is 4.37 Å². The molecule has 2 atom stereocenters. The fraction of sp³-hybridized carbons (Fsp3) is 0.647. The summed E-state index contributed by atoms with van der Waals surface area (Å²) in [6.45, 7) is 12.8. The molecule has 0 aromatic carbocycles. The smallest absolute Gasteiger partial charge is 0.205 e. The minimum absolute atomic E-state index is 0.0553. The molecule has 2 saturated heterocycles. The van der Waals surface area contributed by atoms with Crippen LogP contribution in [-0.4, -0.2) is 45.5 Å². The maximum atomic E-state index is 4.53. The van der Waals surface area contributed by atoms with E-state index in [1.807, 2.05) is 6.92 Å². The third-order valence-electron chi connectivity index (χ3n) is 5.02. The van der Waals surface area contributed by atoms with Gasteiger partial charge in [-0.3, -0.25) is 0 Å². The normalized spacial score (nSPS) is 23.8. The van der Waals surface area contributed by atoms with Crippen LogP contribution < -0.4 is 9.80 Å². The van der Waals surface area contributed by atoms with Gasteiger partial charge >= 0.3 is 0 Å². The lowest BCUT2D eigenvalue weighted by atomic mass is 9.92. The van der Waals surface area contributed by atoms with Gasteiger partial charge in [0.2, 0.25) is 5.13 Å². The lowest BCUT2D eigenvalue weighted by molar-refractivity contribution is 0.533. The number of fused-ring (bicyclic) bond motifs is 1. The summed E-state index contributed by atoms with van der Waals surface area (Å²) >= 11 is 1.52. The first-order chi connectivity index (χ1) is 11.4. The summed E-state index contributed by atoms with van der Waals surface area (Å²) in [5.74, 6) is 3.32. The van der Waals surface area contributed by atoms with E-state index in [2.05, 4.69) is 56.0 Å². The van der Waals surface area contributed by atoms with Crippen molar-refractivity contribution in [1.29, 1.82) is 0 Å². The van der Waals surface area contributed by atoms with Gasteiger partial charge in [0.15, 0.2) is 0 Å². The van der Waals surface area contributed by atoms with Crippen LogP contribution in [0.15, 0.2) is 12.4 Å². The number of aryl methyl sites for hydroxylation is 1. The molecule has 2 fully saturated rings. The molecule has 0 spiro atoms. The number of anilines is 2. The van der Waals surface area contributed by atoms with E-state index < -0.39 is 0 Å². The molecular weight excluding hydrogens is 320 g/mol. The first-order valence-electron chi connectivity index (χ1n) is 8.53. The summed E-state index contributed by atoms with van der Waals surface area (Å²) < 4.78 is 4.31. The van der Waals surface area contributed by atoms with Crippen molar-refractivity contribution in [3.8, 4) is 0 Å². The van der Waals surface area contributed by atoms with E-state index in [1.165, 1.54) is 11.5 Å². The topological polar surface area (TPSA) is 58.0 Å². The SMILES string of the molecule is Cc1nsc(N2CC3CN(c4cc(C(C)(C)C)ncn4)CC3C2)n1. The van der Waals surface area contributed by atoms with Crippen molar-refractivity contribution in [3.63, 3.8) is 0 Å². The van der Waals surface area contributed by atoms with Gasteiger partial charge in [0.05, 0.1) is 5.69 Å². The summed E-state index contributed by atoms with van der Waals surface area (Å²) in [4.78, 5) is 18.3. The minimum atomic E-state index is 0.0553. The number of aromatic nitrogens is 4. The molecule has 7 heteroatoms. The molecule has 0 bridgehead atoms. The molecule has 0 amide bonds. The van der Waals surface area contributed by atoms with Gasteiger partial charge in [-0.05, 0) is 6.92 Å². The molecule has 2 unspecified atom stereocenters. The molecule has 2 aliphatic rings. The summed E-state index contributed by atoms with van der Waals surface area (Å²) in [6, 6.07) is 2.16. The zero-order chi connectivity index (χ0) is 16.9. The molecule has 0 saturated carbocycles. The monoisotopic (exact) mass is 344 g/mol. The van der Waals surface area contributed by atoms with Crippen LogP contribution in [0.2, 0.25) is 0 Å². The predicted octanol–water partition coefficient (Wildman–Crippen LogP) is 2.51. The van der Waals surface area contributed by atoms with Gasteiger partial charge < -0.3 is 9.80 Å². The second kappa shape index (κ2) is 5.65. The van der Waals surface area contributed by atoms with E-state index in [1.54, 1.807) is 6.33 Å². The minimum Gasteiger partial charge on any atom is -0.356 e. The van der Waals surface area contributed by atoms with Gasteiger partial charge in [-0.1, -0.05) is 20.8 Å². The highest BCUT2D eigenvalue weighted by atomic mass is 32.1. The Morgan fingerprint density at radius 1 is 1.04 bits per heavy atom. The van der Waals surface area contributed by atoms with Crippen molar-refractivity contribution in [2.24, 2.45) is 11.8 Å². The van der Waals surface area contributed by atoms with E-state index in [4.69, 9.17) is 0 Å². The van der Waals surface area contributed by atoms with Crippen molar-refractivity contribution in [2.45, 2.75) is 33.1 Å². The van der Waals surface area contributed by atoms with Gasteiger partial charge in [0.25, 0.3) is 0 Å². The summed E-state index contributed by atoms with van der Waals surface area (Å²) in [5.41, 5.74) is 1.16. The summed E-state index contributed by atoms with van der Waals surface area (Å²) in [6.07, 6.45) is 1.71. The van der Waals surface area contributed by atoms with E-state index in [-0.39, 0.29) is 5.41 Å². The van der Waals surface area contributed by atoms with Gasteiger partial charge in [-0.15, -0.1) is 0 Å². The highest BCUT2D eigenvalue weighted by Gasteiger charge is 2.41.